The number of rotatable bonds is 5. The molecule has 0 spiro atoms. The van der Waals surface area contributed by atoms with Crippen LogP contribution in [0.3, 0.4) is 0 Å². The molecule has 0 saturated heterocycles. The van der Waals surface area contributed by atoms with Gasteiger partial charge in [0.05, 0.1) is 6.61 Å². The maximum absolute atomic E-state index is 9.51. The fraction of sp³-hybridized carbons (Fsp3) is 0.733. The molecule has 1 saturated carbocycles. The first-order valence-electron chi connectivity index (χ1n) is 6.89. The highest BCUT2D eigenvalue weighted by molar-refractivity contribution is 6.76. The third-order valence-electron chi connectivity index (χ3n) is 3.59. The van der Waals surface area contributed by atoms with E-state index >= 15 is 0 Å². The molecule has 98 valence electrons. The van der Waals surface area contributed by atoms with Crippen molar-refractivity contribution in [1.82, 2.24) is 0 Å². The normalized spacial score (nSPS) is 26.9. The number of allylic oxidation sites excluding steroid dienone is 2. The summed E-state index contributed by atoms with van der Waals surface area (Å²) in [4.78, 5) is 0. The molecular formula is C15H28OSi. The van der Waals surface area contributed by atoms with Gasteiger partial charge in [0.15, 0.2) is 0 Å². The third-order valence-corrected chi connectivity index (χ3v) is 5.10. The van der Waals surface area contributed by atoms with E-state index in [0.29, 0.717) is 11.8 Å². The van der Waals surface area contributed by atoms with Crippen molar-refractivity contribution in [1.29, 1.82) is 0 Å². The second kappa shape index (κ2) is 6.55. The molecule has 1 aliphatic rings. The van der Waals surface area contributed by atoms with Gasteiger partial charge >= 0.3 is 0 Å². The molecule has 0 bridgehead atoms. The fourth-order valence-corrected chi connectivity index (χ4v) is 4.43. The summed E-state index contributed by atoms with van der Waals surface area (Å²) in [5, 5.41) is 9.51. The molecule has 0 aromatic heterocycles. The van der Waals surface area contributed by atoms with Crippen molar-refractivity contribution < 1.29 is 5.11 Å². The highest BCUT2D eigenvalue weighted by atomic mass is 28.3. The van der Waals surface area contributed by atoms with Crippen LogP contribution in [-0.4, -0.2) is 19.8 Å². The largest absolute Gasteiger partial charge is 0.392 e. The van der Waals surface area contributed by atoms with Crippen molar-refractivity contribution in [2.24, 2.45) is 11.8 Å². The number of hydrogen-bond acceptors (Lipinski definition) is 1. The van der Waals surface area contributed by atoms with E-state index in [1.807, 2.05) is 0 Å². The molecule has 0 radical (unpaired) electrons. The Morgan fingerprint density at radius 3 is 2.29 bits per heavy atom. The highest BCUT2D eigenvalue weighted by Crippen LogP contribution is 2.33. The Morgan fingerprint density at radius 2 is 1.82 bits per heavy atom. The minimum atomic E-state index is -1.11. The van der Waals surface area contributed by atoms with Gasteiger partial charge in [-0.2, -0.15) is 0 Å². The van der Waals surface area contributed by atoms with E-state index in [9.17, 15) is 5.11 Å². The molecule has 2 atom stereocenters. The van der Waals surface area contributed by atoms with Crippen LogP contribution < -0.4 is 0 Å². The predicted molar refractivity (Wildman–Crippen MR) is 79.0 cm³/mol. The van der Waals surface area contributed by atoms with Crippen LogP contribution in [0.4, 0.5) is 0 Å². The first-order chi connectivity index (χ1) is 7.96. The molecule has 2 unspecified atom stereocenters. The fourth-order valence-electron chi connectivity index (χ4n) is 2.84. The lowest BCUT2D eigenvalue weighted by atomic mass is 9.78. The standard InChI is InChI=1S/C15H28OSi/c1-5-14-8-6-7-9-15(14)10-13(11-16)12-17(2,3)4/h5,10,14-16H,1,6-9,11-12H2,2-4H3/b13-10+. The Kier molecular flexibility index (Phi) is 5.67. The smallest absolute Gasteiger partial charge is 0.0639 e. The van der Waals surface area contributed by atoms with Gasteiger partial charge in [0.1, 0.15) is 0 Å². The molecule has 1 fully saturated rings. The summed E-state index contributed by atoms with van der Waals surface area (Å²) < 4.78 is 0. The monoisotopic (exact) mass is 252 g/mol. The average Bonchev–Trinajstić information content (AvgIpc) is 2.27. The zero-order valence-electron chi connectivity index (χ0n) is 11.7. The summed E-state index contributed by atoms with van der Waals surface area (Å²) in [6.45, 7) is 11.3. The SMILES string of the molecule is C=CC1CCCCC1/C=C(\CO)C[Si](C)(C)C. The second-order valence-corrected chi connectivity index (χ2v) is 12.0. The molecule has 17 heavy (non-hydrogen) atoms. The molecule has 1 rings (SSSR count). The Balaban J connectivity index is 2.71. The Hall–Kier alpha value is -0.343. The molecule has 0 aliphatic heterocycles. The van der Waals surface area contributed by atoms with E-state index in [-0.39, 0.29) is 6.61 Å². The predicted octanol–water partition coefficient (Wildman–Crippen LogP) is 4.24. The van der Waals surface area contributed by atoms with Crippen LogP contribution in [0, 0.1) is 11.8 Å². The number of aliphatic hydroxyl groups is 1. The minimum absolute atomic E-state index is 0.241. The summed E-state index contributed by atoms with van der Waals surface area (Å²) in [7, 11) is -1.11. The summed E-state index contributed by atoms with van der Waals surface area (Å²) in [5.74, 6) is 1.26. The van der Waals surface area contributed by atoms with E-state index in [1.165, 1.54) is 31.3 Å². The van der Waals surface area contributed by atoms with Crippen LogP contribution in [0.5, 0.6) is 0 Å². The summed E-state index contributed by atoms with van der Waals surface area (Å²) in [6, 6.07) is 1.13. The summed E-state index contributed by atoms with van der Waals surface area (Å²) in [6.07, 6.45) is 9.69. The zero-order valence-corrected chi connectivity index (χ0v) is 12.7. The lowest BCUT2D eigenvalue weighted by Gasteiger charge is -2.28. The van der Waals surface area contributed by atoms with Crippen molar-refractivity contribution in [2.75, 3.05) is 6.61 Å². The maximum Gasteiger partial charge on any atom is 0.0639 e. The van der Waals surface area contributed by atoms with E-state index in [0.717, 1.165) is 6.04 Å². The van der Waals surface area contributed by atoms with E-state index < -0.39 is 8.07 Å². The van der Waals surface area contributed by atoms with Crippen molar-refractivity contribution in [3.05, 3.63) is 24.3 Å². The second-order valence-electron chi connectivity index (χ2n) is 6.57. The van der Waals surface area contributed by atoms with E-state index in [2.05, 4.69) is 38.4 Å². The van der Waals surface area contributed by atoms with Crippen LogP contribution in [0.1, 0.15) is 25.7 Å². The summed E-state index contributed by atoms with van der Waals surface area (Å²) in [5.41, 5.74) is 1.27. The molecule has 0 aromatic rings. The van der Waals surface area contributed by atoms with Gasteiger partial charge in [-0.15, -0.1) is 6.58 Å². The van der Waals surface area contributed by atoms with Crippen molar-refractivity contribution >= 4 is 8.07 Å². The molecule has 1 aliphatic carbocycles. The van der Waals surface area contributed by atoms with E-state index in [4.69, 9.17) is 0 Å². The molecule has 0 heterocycles. The van der Waals surface area contributed by atoms with Gasteiger partial charge < -0.3 is 5.11 Å². The minimum Gasteiger partial charge on any atom is -0.392 e. The number of aliphatic hydroxyl groups excluding tert-OH is 1. The first-order valence-corrected chi connectivity index (χ1v) is 10.6. The van der Waals surface area contributed by atoms with Crippen molar-refractivity contribution in [2.45, 2.75) is 51.4 Å². The van der Waals surface area contributed by atoms with Crippen molar-refractivity contribution in [3.8, 4) is 0 Å². The van der Waals surface area contributed by atoms with Gasteiger partial charge in [-0.1, -0.05) is 50.2 Å². The van der Waals surface area contributed by atoms with E-state index in [1.54, 1.807) is 0 Å². The van der Waals surface area contributed by atoms with Crippen LogP contribution in [-0.2, 0) is 0 Å². The Labute approximate surface area is 108 Å². The zero-order chi connectivity index (χ0) is 12.9. The van der Waals surface area contributed by atoms with Gasteiger partial charge in [0.2, 0.25) is 0 Å². The Morgan fingerprint density at radius 1 is 1.24 bits per heavy atom. The Bertz CT molecular complexity index is 275. The highest BCUT2D eigenvalue weighted by Gasteiger charge is 2.22. The van der Waals surface area contributed by atoms with Crippen molar-refractivity contribution in [3.63, 3.8) is 0 Å². The molecule has 0 amide bonds. The van der Waals surface area contributed by atoms with Gasteiger partial charge in [0, 0.05) is 8.07 Å². The van der Waals surface area contributed by atoms with Gasteiger partial charge in [0.25, 0.3) is 0 Å². The van der Waals surface area contributed by atoms with Gasteiger partial charge in [-0.25, -0.2) is 0 Å². The number of hydrogen-bond donors (Lipinski definition) is 1. The van der Waals surface area contributed by atoms with Crippen LogP contribution in [0.25, 0.3) is 0 Å². The quantitative estimate of drug-likeness (QED) is 0.573. The van der Waals surface area contributed by atoms with Gasteiger partial charge in [-0.05, 0) is 30.7 Å². The molecule has 2 heteroatoms. The molecule has 1 N–H and O–H groups in total. The lowest BCUT2D eigenvalue weighted by Crippen LogP contribution is -2.22. The third kappa shape index (κ3) is 5.22. The van der Waals surface area contributed by atoms with Gasteiger partial charge in [-0.3, -0.25) is 0 Å². The molecular weight excluding hydrogens is 224 g/mol. The van der Waals surface area contributed by atoms with Crippen LogP contribution >= 0.6 is 0 Å². The maximum atomic E-state index is 9.51. The lowest BCUT2D eigenvalue weighted by molar-refractivity contribution is 0.316. The average molecular weight is 252 g/mol. The molecule has 0 aromatic carbocycles. The molecule has 1 nitrogen and oxygen atoms in total. The summed E-state index contributed by atoms with van der Waals surface area (Å²) >= 11 is 0. The topological polar surface area (TPSA) is 20.2 Å². The first kappa shape index (κ1) is 14.7. The van der Waals surface area contributed by atoms with Crippen LogP contribution in [0.2, 0.25) is 25.7 Å². The van der Waals surface area contributed by atoms with Crippen LogP contribution in [0.15, 0.2) is 24.3 Å².